The summed E-state index contributed by atoms with van der Waals surface area (Å²) >= 11 is 0. The van der Waals surface area contributed by atoms with E-state index in [9.17, 15) is 4.57 Å². The highest BCUT2D eigenvalue weighted by Crippen LogP contribution is 2.48. The molecular weight excluding hydrogens is 479 g/mol. The molecule has 0 saturated heterocycles. The van der Waals surface area contributed by atoms with Gasteiger partial charge in [0, 0.05) is 17.6 Å². The van der Waals surface area contributed by atoms with E-state index in [1.807, 2.05) is 0 Å². The Hall–Kier alpha value is -3.67. The topological polar surface area (TPSA) is 17.1 Å². The summed E-state index contributed by atoms with van der Waals surface area (Å²) in [5.74, 6) is 0. The molecule has 0 heterocycles. The normalized spacial score (nSPS) is 11.9. The summed E-state index contributed by atoms with van der Waals surface area (Å²) in [4.78, 5) is 0. The van der Waals surface area contributed by atoms with Crippen molar-refractivity contribution in [2.24, 2.45) is 0 Å². The molecule has 0 saturated carbocycles. The minimum atomic E-state index is -2.42. The van der Waals surface area contributed by atoms with Crippen LogP contribution in [0, 0.1) is 0 Å². The van der Waals surface area contributed by atoms with Gasteiger partial charge < -0.3 is 4.57 Å². The molecule has 0 aliphatic rings. The van der Waals surface area contributed by atoms with Crippen LogP contribution in [0.15, 0.2) is 115 Å². The second-order valence-corrected chi connectivity index (χ2v) is 13.5. The van der Waals surface area contributed by atoms with Crippen molar-refractivity contribution in [1.82, 2.24) is 0 Å². The van der Waals surface area contributed by atoms with Crippen LogP contribution in [0.5, 0.6) is 0 Å². The van der Waals surface area contributed by atoms with Gasteiger partial charge in [-0.1, -0.05) is 117 Å². The van der Waals surface area contributed by atoms with Crippen molar-refractivity contribution in [1.29, 1.82) is 0 Å². The van der Waals surface area contributed by atoms with Gasteiger partial charge in [-0.25, -0.2) is 0 Å². The molecule has 38 heavy (non-hydrogen) atoms. The largest absolute Gasteiger partial charge is 0.319 e. The van der Waals surface area contributed by atoms with Gasteiger partial charge in [0.25, 0.3) is 0 Å². The predicted molar refractivity (Wildman–Crippen MR) is 167 cm³/mol. The maximum Gasteiger partial charge on any atom is 0.115 e. The van der Waals surface area contributed by atoms with Crippen LogP contribution in [0.2, 0.25) is 0 Å². The highest BCUT2D eigenvalue weighted by molar-refractivity contribution is 7.71. The standard InChI is InChI=1S/C36H33OP/c1-3-22-38(37,23-4-2)30-15-11-14-28(25-30)35-31-16-7-9-18-33(31)36(34-19-10-8-17-32(34)35)29-21-20-26-12-5-6-13-27(26)24-29/h5-21,24-25H,3-4,22-23H2,1-2H3. The van der Waals surface area contributed by atoms with E-state index >= 15 is 0 Å². The van der Waals surface area contributed by atoms with Gasteiger partial charge in [-0.15, -0.1) is 0 Å². The highest BCUT2D eigenvalue weighted by atomic mass is 31.2. The Bertz CT molecular complexity index is 1760. The summed E-state index contributed by atoms with van der Waals surface area (Å²) in [7, 11) is -2.42. The molecule has 1 nitrogen and oxygen atoms in total. The van der Waals surface area contributed by atoms with Crippen LogP contribution < -0.4 is 5.30 Å². The molecule has 0 aliphatic carbocycles. The maximum absolute atomic E-state index is 14.1. The summed E-state index contributed by atoms with van der Waals surface area (Å²) in [5, 5.41) is 8.46. The predicted octanol–water partition coefficient (Wildman–Crippen LogP) is 10.3. The van der Waals surface area contributed by atoms with Crippen molar-refractivity contribution in [3.05, 3.63) is 115 Å². The van der Waals surface area contributed by atoms with Crippen LogP contribution in [-0.4, -0.2) is 12.3 Å². The Morgan fingerprint density at radius 1 is 0.500 bits per heavy atom. The molecule has 0 amide bonds. The highest BCUT2D eigenvalue weighted by Gasteiger charge is 2.24. The van der Waals surface area contributed by atoms with Crippen LogP contribution >= 0.6 is 7.14 Å². The van der Waals surface area contributed by atoms with Crippen LogP contribution in [0.3, 0.4) is 0 Å². The third kappa shape index (κ3) is 4.26. The van der Waals surface area contributed by atoms with Gasteiger partial charge in [0.1, 0.15) is 7.14 Å². The first kappa shape index (κ1) is 24.7. The van der Waals surface area contributed by atoms with Crippen LogP contribution in [0.4, 0.5) is 0 Å². The molecule has 0 atom stereocenters. The number of fused-ring (bicyclic) bond motifs is 3. The lowest BCUT2D eigenvalue weighted by Gasteiger charge is -2.21. The summed E-state index contributed by atoms with van der Waals surface area (Å²) in [6.07, 6.45) is 3.42. The number of hydrogen-bond donors (Lipinski definition) is 0. The molecule has 6 aromatic rings. The number of hydrogen-bond acceptors (Lipinski definition) is 1. The van der Waals surface area contributed by atoms with E-state index in [0.29, 0.717) is 0 Å². The minimum Gasteiger partial charge on any atom is -0.319 e. The first-order valence-electron chi connectivity index (χ1n) is 13.7. The molecule has 6 rings (SSSR count). The van der Waals surface area contributed by atoms with Crippen molar-refractivity contribution in [2.75, 3.05) is 12.3 Å². The van der Waals surface area contributed by atoms with E-state index in [1.165, 1.54) is 49.0 Å². The molecule has 6 aromatic carbocycles. The van der Waals surface area contributed by atoms with Crippen molar-refractivity contribution < 1.29 is 4.57 Å². The fourth-order valence-corrected chi connectivity index (χ4v) is 9.02. The summed E-state index contributed by atoms with van der Waals surface area (Å²) in [6, 6.07) is 41.5. The lowest BCUT2D eigenvalue weighted by atomic mass is 9.85. The maximum atomic E-state index is 14.1. The third-order valence-corrected chi connectivity index (χ3v) is 11.3. The molecule has 188 valence electrons. The zero-order valence-corrected chi connectivity index (χ0v) is 23.0. The van der Waals surface area contributed by atoms with Crippen molar-refractivity contribution in [2.45, 2.75) is 26.7 Å². The van der Waals surface area contributed by atoms with Gasteiger partial charge in [-0.2, -0.15) is 0 Å². The first-order chi connectivity index (χ1) is 18.6. The Morgan fingerprint density at radius 3 is 1.55 bits per heavy atom. The van der Waals surface area contributed by atoms with Crippen molar-refractivity contribution in [3.63, 3.8) is 0 Å². The van der Waals surface area contributed by atoms with E-state index in [-0.39, 0.29) is 0 Å². The van der Waals surface area contributed by atoms with Crippen molar-refractivity contribution >= 4 is 44.8 Å². The fraction of sp³-hybridized carbons (Fsp3) is 0.167. The lowest BCUT2D eigenvalue weighted by molar-refractivity contribution is 0.579. The van der Waals surface area contributed by atoms with Gasteiger partial charge in [0.2, 0.25) is 0 Å². The molecule has 0 fully saturated rings. The molecule has 0 radical (unpaired) electrons. The Balaban J connectivity index is 1.66. The zero-order valence-electron chi connectivity index (χ0n) is 22.2. The Kier molecular flexibility index (Phi) is 6.64. The van der Waals surface area contributed by atoms with E-state index in [0.717, 1.165) is 36.0 Å². The van der Waals surface area contributed by atoms with Gasteiger partial charge in [-0.3, -0.25) is 0 Å². The summed E-state index contributed by atoms with van der Waals surface area (Å²) < 4.78 is 14.1. The van der Waals surface area contributed by atoms with E-state index < -0.39 is 7.14 Å². The van der Waals surface area contributed by atoms with Crippen LogP contribution in [-0.2, 0) is 4.57 Å². The van der Waals surface area contributed by atoms with Gasteiger partial charge in [0.15, 0.2) is 0 Å². The Labute approximate surface area is 225 Å². The fourth-order valence-electron chi connectivity index (χ4n) is 6.10. The molecule has 0 spiro atoms. The average Bonchev–Trinajstić information content (AvgIpc) is 2.96. The quantitative estimate of drug-likeness (QED) is 0.154. The lowest BCUT2D eigenvalue weighted by Crippen LogP contribution is -2.11. The van der Waals surface area contributed by atoms with Crippen molar-refractivity contribution in [3.8, 4) is 22.3 Å². The van der Waals surface area contributed by atoms with E-state index in [2.05, 4.69) is 129 Å². The molecule has 0 aromatic heterocycles. The number of benzene rings is 6. The average molecular weight is 513 g/mol. The zero-order chi connectivity index (χ0) is 26.1. The molecule has 0 bridgehead atoms. The van der Waals surface area contributed by atoms with Gasteiger partial charge >= 0.3 is 0 Å². The smallest absolute Gasteiger partial charge is 0.115 e. The second kappa shape index (κ2) is 10.2. The summed E-state index contributed by atoms with van der Waals surface area (Å²) in [6.45, 7) is 4.28. The van der Waals surface area contributed by atoms with E-state index in [1.54, 1.807) is 0 Å². The molecule has 2 heteroatoms. The Morgan fingerprint density at radius 2 is 1.00 bits per heavy atom. The molecular formula is C36H33OP. The molecule has 0 unspecified atom stereocenters. The van der Waals surface area contributed by atoms with Crippen LogP contribution in [0.1, 0.15) is 26.7 Å². The molecule has 0 N–H and O–H groups in total. The summed E-state index contributed by atoms with van der Waals surface area (Å²) in [5.41, 5.74) is 4.87. The molecule has 0 aliphatic heterocycles. The first-order valence-corrected chi connectivity index (χ1v) is 15.8. The second-order valence-electron chi connectivity index (χ2n) is 10.3. The van der Waals surface area contributed by atoms with E-state index in [4.69, 9.17) is 0 Å². The minimum absolute atomic E-state index is 0.771. The van der Waals surface area contributed by atoms with Gasteiger partial charge in [0.05, 0.1) is 0 Å². The van der Waals surface area contributed by atoms with Crippen LogP contribution in [0.25, 0.3) is 54.6 Å². The van der Waals surface area contributed by atoms with Gasteiger partial charge in [-0.05, 0) is 79.5 Å². The number of rotatable bonds is 7. The monoisotopic (exact) mass is 512 g/mol. The third-order valence-electron chi connectivity index (χ3n) is 7.74. The SMILES string of the molecule is CCCP(=O)(CCC)c1cccc(-c2c3ccccc3c(-c3ccc4ccccc4c3)c3ccccc23)c1.